The van der Waals surface area contributed by atoms with Crippen molar-refractivity contribution in [2.45, 2.75) is 32.2 Å². The molecule has 0 aromatic heterocycles. The molecule has 0 bridgehead atoms. The molecule has 0 amide bonds. The Morgan fingerprint density at radius 3 is 2.30 bits per heavy atom. The monoisotopic (exact) mass is 181 g/mol. The van der Waals surface area contributed by atoms with E-state index in [2.05, 4.69) is 12.2 Å². The number of hydrogen-bond acceptors (Lipinski definition) is 1. The molecule has 3 heteroatoms. The zero-order valence-corrected chi connectivity index (χ0v) is 9.97. The van der Waals surface area contributed by atoms with Crippen LogP contribution in [0.2, 0.25) is 6.04 Å². The lowest BCUT2D eigenvalue weighted by Crippen LogP contribution is -2.16. The first-order valence-corrected chi connectivity index (χ1v) is 5.54. The molecule has 64 valence electrons. The van der Waals surface area contributed by atoms with Crippen LogP contribution in [0.15, 0.2) is 0 Å². The van der Waals surface area contributed by atoms with Crippen LogP contribution in [0.25, 0.3) is 0 Å². The van der Waals surface area contributed by atoms with Gasteiger partial charge in [-0.1, -0.05) is 19.4 Å². The van der Waals surface area contributed by atoms with Crippen LogP contribution in [0.1, 0.15) is 26.2 Å². The van der Waals surface area contributed by atoms with Crippen LogP contribution in [0.3, 0.4) is 0 Å². The zero-order chi connectivity index (χ0) is 6.95. The van der Waals surface area contributed by atoms with E-state index in [1.807, 2.05) is 0 Å². The summed E-state index contributed by atoms with van der Waals surface area (Å²) in [5.74, 6) is 0. The van der Waals surface area contributed by atoms with Crippen molar-refractivity contribution < 1.29 is 0 Å². The molecule has 10 heavy (non-hydrogen) atoms. The van der Waals surface area contributed by atoms with E-state index in [0.717, 1.165) is 0 Å². The van der Waals surface area contributed by atoms with Gasteiger partial charge in [-0.05, 0) is 25.9 Å². The first-order valence-electron chi connectivity index (χ1n) is 4.12. The molecule has 0 aromatic rings. The van der Waals surface area contributed by atoms with Crippen LogP contribution in [0.4, 0.5) is 0 Å². The quantitative estimate of drug-likeness (QED) is 0.476. The maximum atomic E-state index is 3.41. The summed E-state index contributed by atoms with van der Waals surface area (Å²) in [5, 5.41) is 3.41. The van der Waals surface area contributed by atoms with E-state index in [-0.39, 0.29) is 12.4 Å². The normalized spacial score (nSPS) is 9.30. The van der Waals surface area contributed by atoms with Gasteiger partial charge in [0.2, 0.25) is 0 Å². The first kappa shape index (κ1) is 13.1. The zero-order valence-electron chi connectivity index (χ0n) is 7.15. The van der Waals surface area contributed by atoms with Gasteiger partial charge in [-0.25, -0.2) is 0 Å². The second kappa shape index (κ2) is 12.2. The molecule has 0 unspecified atom stereocenters. The van der Waals surface area contributed by atoms with Crippen molar-refractivity contribution in [3.05, 3.63) is 0 Å². The Bertz CT molecular complexity index is 46.9. The minimum absolute atomic E-state index is 0. The molecule has 0 aromatic carbocycles. The van der Waals surface area contributed by atoms with Crippen molar-refractivity contribution in [3.8, 4) is 0 Å². The van der Waals surface area contributed by atoms with Crippen molar-refractivity contribution in [2.75, 3.05) is 13.1 Å². The predicted molar refractivity (Wildman–Crippen MR) is 54.4 cm³/mol. The molecule has 0 aliphatic rings. The Kier molecular flexibility index (Phi) is 15.9. The van der Waals surface area contributed by atoms with Gasteiger partial charge in [0.05, 0.1) is 0 Å². The highest BCUT2D eigenvalue weighted by Gasteiger charge is 1.83. The number of unbranched alkanes of at least 4 members (excludes halogenated alkanes) is 1. The van der Waals surface area contributed by atoms with Crippen LogP contribution in [0.5, 0.6) is 0 Å². The summed E-state index contributed by atoms with van der Waals surface area (Å²) in [6.45, 7) is 4.69. The van der Waals surface area contributed by atoms with Gasteiger partial charge >= 0.3 is 0 Å². The van der Waals surface area contributed by atoms with Gasteiger partial charge < -0.3 is 5.32 Å². The molecule has 0 spiro atoms. The van der Waals surface area contributed by atoms with E-state index in [0.29, 0.717) is 0 Å². The lowest BCUT2D eigenvalue weighted by molar-refractivity contribution is 0.633. The van der Waals surface area contributed by atoms with Gasteiger partial charge in [-0.2, -0.15) is 0 Å². The fourth-order valence-corrected chi connectivity index (χ4v) is 1.08. The Hall–Kier alpha value is 0.467. The largest absolute Gasteiger partial charge is 0.317 e. The topological polar surface area (TPSA) is 12.0 Å². The molecule has 0 atom stereocenters. The lowest BCUT2D eigenvalue weighted by atomic mass is 10.3. The number of halogens is 1. The fourth-order valence-electron chi connectivity index (χ4n) is 0.729. The smallest absolute Gasteiger partial charge is 0.00286 e. The van der Waals surface area contributed by atoms with Crippen LogP contribution >= 0.6 is 12.4 Å². The highest BCUT2D eigenvalue weighted by Crippen LogP contribution is 1.84. The van der Waals surface area contributed by atoms with Crippen LogP contribution in [-0.4, -0.2) is 23.3 Å². The standard InChI is InChI=1S/C7H19NSi.ClH/c1-2-3-5-8-6-4-7-9;/h8H,2-7H2,1,9H3;1H. The van der Waals surface area contributed by atoms with Gasteiger partial charge in [0.1, 0.15) is 0 Å². The third kappa shape index (κ3) is 11.3. The van der Waals surface area contributed by atoms with Crippen molar-refractivity contribution in [1.82, 2.24) is 5.32 Å². The summed E-state index contributed by atoms with van der Waals surface area (Å²) in [6, 6.07) is 1.44. The molecular formula is C7H20ClNSi. The average Bonchev–Trinajstić information content (AvgIpc) is 1.89. The van der Waals surface area contributed by atoms with E-state index in [4.69, 9.17) is 0 Å². The lowest BCUT2D eigenvalue weighted by Gasteiger charge is -1.99. The van der Waals surface area contributed by atoms with Crippen LogP contribution in [-0.2, 0) is 0 Å². The molecule has 0 rings (SSSR count). The number of hydrogen-bond donors (Lipinski definition) is 1. The van der Waals surface area contributed by atoms with Crippen LogP contribution in [0, 0.1) is 0 Å². The van der Waals surface area contributed by atoms with Gasteiger partial charge in [-0.3, -0.25) is 0 Å². The predicted octanol–water partition coefficient (Wildman–Crippen LogP) is 0.972. The fraction of sp³-hybridized carbons (Fsp3) is 1.00. The minimum Gasteiger partial charge on any atom is -0.317 e. The van der Waals surface area contributed by atoms with E-state index < -0.39 is 0 Å². The van der Waals surface area contributed by atoms with Gasteiger partial charge in [0.15, 0.2) is 0 Å². The second-order valence-electron chi connectivity index (χ2n) is 2.46. The molecule has 1 nitrogen and oxygen atoms in total. The van der Waals surface area contributed by atoms with Crippen LogP contribution < -0.4 is 5.32 Å². The van der Waals surface area contributed by atoms with E-state index in [9.17, 15) is 0 Å². The molecule has 0 fully saturated rings. The van der Waals surface area contributed by atoms with E-state index in [1.165, 1.54) is 48.6 Å². The molecule has 0 aliphatic carbocycles. The molecule has 0 saturated heterocycles. The highest BCUT2D eigenvalue weighted by molar-refractivity contribution is 6.08. The molecule has 1 N–H and O–H groups in total. The van der Waals surface area contributed by atoms with Crippen molar-refractivity contribution in [2.24, 2.45) is 0 Å². The minimum atomic E-state index is 0. The molecule has 0 saturated carbocycles. The van der Waals surface area contributed by atoms with Crippen molar-refractivity contribution >= 4 is 22.6 Å². The molecule has 0 aliphatic heterocycles. The summed E-state index contributed by atoms with van der Waals surface area (Å²) < 4.78 is 0. The number of nitrogens with one attached hydrogen (secondary N) is 1. The third-order valence-corrected chi connectivity index (χ3v) is 2.12. The van der Waals surface area contributed by atoms with Gasteiger partial charge in [-0.15, -0.1) is 12.4 Å². The molecular weight excluding hydrogens is 162 g/mol. The maximum absolute atomic E-state index is 3.41. The summed E-state index contributed by atoms with van der Waals surface area (Å²) in [4.78, 5) is 0. The molecule has 0 radical (unpaired) electrons. The van der Waals surface area contributed by atoms with Crippen molar-refractivity contribution in [1.29, 1.82) is 0 Å². The average molecular weight is 182 g/mol. The third-order valence-electron chi connectivity index (χ3n) is 1.41. The highest BCUT2D eigenvalue weighted by atomic mass is 35.5. The summed E-state index contributed by atoms with van der Waals surface area (Å²) >= 11 is 0. The van der Waals surface area contributed by atoms with E-state index >= 15 is 0 Å². The number of rotatable bonds is 6. The Morgan fingerprint density at radius 2 is 1.80 bits per heavy atom. The van der Waals surface area contributed by atoms with Gasteiger partial charge in [0.25, 0.3) is 0 Å². The Morgan fingerprint density at radius 1 is 1.20 bits per heavy atom. The summed E-state index contributed by atoms with van der Waals surface area (Å²) in [7, 11) is 1.37. The second-order valence-corrected chi connectivity index (χ2v) is 3.46. The maximum Gasteiger partial charge on any atom is 0.00286 e. The summed E-state index contributed by atoms with van der Waals surface area (Å²) in [6.07, 6.45) is 4.03. The first-order chi connectivity index (χ1) is 4.41. The SMILES string of the molecule is CCCCNCCC[SiH3].Cl. The van der Waals surface area contributed by atoms with Crippen molar-refractivity contribution in [3.63, 3.8) is 0 Å². The van der Waals surface area contributed by atoms with E-state index in [1.54, 1.807) is 0 Å². The summed E-state index contributed by atoms with van der Waals surface area (Å²) in [5.41, 5.74) is 0. The Balaban J connectivity index is 0. The molecule has 0 heterocycles. The van der Waals surface area contributed by atoms with Gasteiger partial charge in [0, 0.05) is 10.2 Å². The Labute approximate surface area is 73.8 Å².